The van der Waals surface area contributed by atoms with Crippen LogP contribution in [0.3, 0.4) is 0 Å². The highest BCUT2D eigenvalue weighted by atomic mass is 16.5. The lowest BCUT2D eigenvalue weighted by Crippen LogP contribution is -2.45. The summed E-state index contributed by atoms with van der Waals surface area (Å²) in [6.45, 7) is 6.28. The van der Waals surface area contributed by atoms with Crippen LogP contribution >= 0.6 is 0 Å². The van der Waals surface area contributed by atoms with Gasteiger partial charge in [0, 0.05) is 30.2 Å². The molecule has 0 bridgehead atoms. The summed E-state index contributed by atoms with van der Waals surface area (Å²) in [5, 5.41) is 0. The van der Waals surface area contributed by atoms with Crippen molar-refractivity contribution >= 4 is 17.8 Å². The van der Waals surface area contributed by atoms with E-state index in [9.17, 15) is 14.4 Å². The second-order valence-electron chi connectivity index (χ2n) is 7.62. The summed E-state index contributed by atoms with van der Waals surface area (Å²) in [4.78, 5) is 37.9. The first-order valence-electron chi connectivity index (χ1n) is 9.78. The molecule has 1 aliphatic heterocycles. The minimum Gasteiger partial charge on any atom is -0.452 e. The summed E-state index contributed by atoms with van der Waals surface area (Å²) in [7, 11) is 0. The molecule has 0 saturated carbocycles. The molecule has 7 nitrogen and oxygen atoms in total. The molecule has 1 aromatic carbocycles. The van der Waals surface area contributed by atoms with Crippen LogP contribution in [-0.4, -0.2) is 46.9 Å². The van der Waals surface area contributed by atoms with Gasteiger partial charge in [-0.05, 0) is 57.4 Å². The Labute approximate surface area is 170 Å². The van der Waals surface area contributed by atoms with E-state index in [0.717, 1.165) is 22.6 Å². The molecule has 0 radical (unpaired) electrons. The number of benzene rings is 1. The standard InChI is InChI=1S/C22H27N3O4/c1-14-6-4-8-18(10-14)25-15(2)11-19(16(25)3)22(28)29-13-20(26)24-9-5-7-17(12-24)21(23)27/h4,6,8,10-11,17H,5,7,9,12-13H2,1-3H3,(H2,23,27)/t17-/m0/s1. The normalized spacial score (nSPS) is 16.5. The van der Waals surface area contributed by atoms with Gasteiger partial charge in [0.05, 0.1) is 11.5 Å². The predicted molar refractivity (Wildman–Crippen MR) is 109 cm³/mol. The number of primary amides is 1. The third-order valence-electron chi connectivity index (χ3n) is 5.41. The molecule has 3 rings (SSSR count). The smallest absolute Gasteiger partial charge is 0.340 e. The van der Waals surface area contributed by atoms with Gasteiger partial charge in [0.25, 0.3) is 5.91 Å². The average Bonchev–Trinajstić information content (AvgIpc) is 3.00. The van der Waals surface area contributed by atoms with Crippen LogP contribution in [0.4, 0.5) is 0 Å². The number of esters is 1. The molecule has 29 heavy (non-hydrogen) atoms. The second-order valence-corrected chi connectivity index (χ2v) is 7.62. The Morgan fingerprint density at radius 1 is 1.17 bits per heavy atom. The van der Waals surface area contributed by atoms with Gasteiger partial charge in [0.2, 0.25) is 5.91 Å². The fourth-order valence-electron chi connectivity index (χ4n) is 3.87. The summed E-state index contributed by atoms with van der Waals surface area (Å²) in [6.07, 6.45) is 1.40. The van der Waals surface area contributed by atoms with E-state index in [-0.39, 0.29) is 25.0 Å². The number of nitrogens with two attached hydrogens (primary N) is 1. The first kappa shape index (κ1) is 20.6. The highest BCUT2D eigenvalue weighted by Crippen LogP contribution is 2.22. The number of piperidine rings is 1. The molecule has 2 aromatic rings. The maximum absolute atomic E-state index is 12.6. The molecular formula is C22H27N3O4. The van der Waals surface area contributed by atoms with E-state index < -0.39 is 11.9 Å². The van der Waals surface area contributed by atoms with Crippen molar-refractivity contribution < 1.29 is 19.1 Å². The van der Waals surface area contributed by atoms with Crippen molar-refractivity contribution in [2.24, 2.45) is 11.7 Å². The predicted octanol–water partition coefficient (Wildman–Crippen LogP) is 2.28. The monoisotopic (exact) mass is 397 g/mol. The van der Waals surface area contributed by atoms with Gasteiger partial charge in [-0.3, -0.25) is 9.59 Å². The molecule has 1 atom stereocenters. The third kappa shape index (κ3) is 4.50. The Balaban J connectivity index is 1.68. The van der Waals surface area contributed by atoms with E-state index in [1.165, 1.54) is 0 Å². The van der Waals surface area contributed by atoms with Crippen molar-refractivity contribution in [3.8, 4) is 5.69 Å². The number of rotatable bonds is 5. The van der Waals surface area contributed by atoms with Gasteiger partial charge in [0.15, 0.2) is 6.61 Å². The van der Waals surface area contributed by atoms with Crippen molar-refractivity contribution in [1.82, 2.24) is 9.47 Å². The van der Waals surface area contributed by atoms with E-state index in [1.807, 2.05) is 49.6 Å². The maximum atomic E-state index is 12.6. The number of nitrogens with zero attached hydrogens (tertiary/aromatic N) is 2. The Morgan fingerprint density at radius 3 is 2.62 bits per heavy atom. The molecule has 154 valence electrons. The Kier molecular flexibility index (Phi) is 6.06. The van der Waals surface area contributed by atoms with E-state index in [2.05, 4.69) is 0 Å². The second kappa shape index (κ2) is 8.51. The highest BCUT2D eigenvalue weighted by molar-refractivity contribution is 5.93. The van der Waals surface area contributed by atoms with Gasteiger partial charge in [-0.2, -0.15) is 0 Å². The van der Waals surface area contributed by atoms with Gasteiger partial charge in [-0.1, -0.05) is 12.1 Å². The van der Waals surface area contributed by atoms with Crippen molar-refractivity contribution in [3.05, 3.63) is 52.8 Å². The van der Waals surface area contributed by atoms with Gasteiger partial charge in [-0.15, -0.1) is 0 Å². The average molecular weight is 397 g/mol. The maximum Gasteiger partial charge on any atom is 0.340 e. The van der Waals surface area contributed by atoms with Crippen molar-refractivity contribution in [2.75, 3.05) is 19.7 Å². The van der Waals surface area contributed by atoms with Crippen LogP contribution in [0.25, 0.3) is 5.69 Å². The van der Waals surface area contributed by atoms with Crippen LogP contribution in [0.2, 0.25) is 0 Å². The van der Waals surface area contributed by atoms with E-state index in [4.69, 9.17) is 10.5 Å². The first-order valence-corrected chi connectivity index (χ1v) is 9.78. The molecule has 2 N–H and O–H groups in total. The SMILES string of the molecule is Cc1cccc(-n2c(C)cc(C(=O)OCC(=O)N3CCC[C@H](C(N)=O)C3)c2C)c1. The molecule has 1 fully saturated rings. The molecular weight excluding hydrogens is 370 g/mol. The molecule has 2 amide bonds. The minimum atomic E-state index is -0.534. The summed E-state index contributed by atoms with van der Waals surface area (Å²) in [5.74, 6) is -1.58. The zero-order valence-electron chi connectivity index (χ0n) is 17.1. The number of hydrogen-bond acceptors (Lipinski definition) is 4. The van der Waals surface area contributed by atoms with Gasteiger partial charge in [0.1, 0.15) is 0 Å². The third-order valence-corrected chi connectivity index (χ3v) is 5.41. The summed E-state index contributed by atoms with van der Waals surface area (Å²) >= 11 is 0. The number of ether oxygens (including phenoxy) is 1. The number of aromatic nitrogens is 1. The molecule has 7 heteroatoms. The molecule has 1 saturated heterocycles. The van der Waals surface area contributed by atoms with E-state index in [0.29, 0.717) is 24.9 Å². The molecule has 0 spiro atoms. The molecule has 0 unspecified atom stereocenters. The molecule has 2 heterocycles. The number of hydrogen-bond donors (Lipinski definition) is 1. The van der Waals surface area contributed by atoms with Gasteiger partial charge < -0.3 is 19.9 Å². The van der Waals surface area contributed by atoms with Crippen LogP contribution in [0, 0.1) is 26.7 Å². The first-order chi connectivity index (χ1) is 13.8. The van der Waals surface area contributed by atoms with Crippen molar-refractivity contribution in [3.63, 3.8) is 0 Å². The van der Waals surface area contributed by atoms with Crippen LogP contribution < -0.4 is 5.73 Å². The van der Waals surface area contributed by atoms with Gasteiger partial charge >= 0.3 is 5.97 Å². The van der Waals surface area contributed by atoms with Crippen LogP contribution in [0.1, 0.15) is 40.2 Å². The summed E-state index contributed by atoms with van der Waals surface area (Å²) < 4.78 is 7.28. The number of carbonyl (C=O) groups is 3. The van der Waals surface area contributed by atoms with Crippen LogP contribution in [0.15, 0.2) is 30.3 Å². The lowest BCUT2D eigenvalue weighted by Gasteiger charge is -2.31. The summed E-state index contributed by atoms with van der Waals surface area (Å²) in [6, 6.07) is 9.79. The lowest BCUT2D eigenvalue weighted by molar-refractivity contribution is -0.137. The Morgan fingerprint density at radius 2 is 1.93 bits per heavy atom. The number of likely N-dealkylation sites (tertiary alicyclic amines) is 1. The lowest BCUT2D eigenvalue weighted by atomic mass is 9.97. The quantitative estimate of drug-likeness (QED) is 0.783. The zero-order valence-corrected chi connectivity index (χ0v) is 17.1. The zero-order chi connectivity index (χ0) is 21.1. The van der Waals surface area contributed by atoms with Gasteiger partial charge in [-0.25, -0.2) is 4.79 Å². The molecule has 1 aromatic heterocycles. The van der Waals surface area contributed by atoms with Crippen molar-refractivity contribution in [2.45, 2.75) is 33.6 Å². The fraction of sp³-hybridized carbons (Fsp3) is 0.409. The van der Waals surface area contributed by atoms with Crippen LogP contribution in [0.5, 0.6) is 0 Å². The minimum absolute atomic E-state index is 0.285. The Hall–Kier alpha value is -3.09. The molecule has 1 aliphatic rings. The number of aryl methyl sites for hydroxylation is 2. The summed E-state index contributed by atoms with van der Waals surface area (Å²) in [5.41, 5.74) is 9.56. The number of carbonyl (C=O) groups excluding carboxylic acids is 3. The Bertz CT molecular complexity index is 948. The van der Waals surface area contributed by atoms with Crippen molar-refractivity contribution in [1.29, 1.82) is 0 Å². The topological polar surface area (TPSA) is 94.6 Å². The largest absolute Gasteiger partial charge is 0.452 e. The van der Waals surface area contributed by atoms with Crippen LogP contribution in [-0.2, 0) is 14.3 Å². The fourth-order valence-corrected chi connectivity index (χ4v) is 3.87. The molecule has 0 aliphatic carbocycles. The number of amides is 2. The van der Waals surface area contributed by atoms with E-state index >= 15 is 0 Å². The van der Waals surface area contributed by atoms with E-state index in [1.54, 1.807) is 11.0 Å². The highest BCUT2D eigenvalue weighted by Gasteiger charge is 2.28.